The lowest BCUT2D eigenvalue weighted by Gasteiger charge is -2.20. The van der Waals surface area contributed by atoms with Crippen LogP contribution in [-0.4, -0.2) is 59.9 Å². The number of unbranched alkanes of at least 4 members (excludes halogenated alkanes) is 33. The van der Waals surface area contributed by atoms with Gasteiger partial charge in [0.1, 0.15) is 12.6 Å². The monoisotopic (exact) mass is 902 g/mol. The van der Waals surface area contributed by atoms with E-state index < -0.39 is 51.1 Å². The highest BCUT2D eigenvalue weighted by molar-refractivity contribution is 7.47. The molecule has 3 unspecified atom stereocenters. The molecule has 0 aliphatic heterocycles. The fraction of sp³-hybridized carbons (Fsp3) is 0.900. The predicted molar refractivity (Wildman–Crippen MR) is 254 cm³/mol. The van der Waals surface area contributed by atoms with Crippen LogP contribution in [0.4, 0.5) is 0 Å². The summed E-state index contributed by atoms with van der Waals surface area (Å²) >= 11 is 0. The molecule has 0 amide bonds. The van der Waals surface area contributed by atoms with Crippen molar-refractivity contribution in [3.63, 3.8) is 0 Å². The van der Waals surface area contributed by atoms with Gasteiger partial charge in [0.05, 0.1) is 13.2 Å². The number of carboxylic acids is 1. The Morgan fingerprint density at radius 1 is 0.484 bits per heavy atom. The Hall–Kier alpha value is -1.78. The molecule has 0 bridgehead atoms. The summed E-state index contributed by atoms with van der Waals surface area (Å²) in [4.78, 5) is 46.1. The molecule has 0 aromatic carbocycles. The van der Waals surface area contributed by atoms with Gasteiger partial charge >= 0.3 is 25.7 Å². The molecule has 0 spiro atoms. The van der Waals surface area contributed by atoms with Gasteiger partial charge in [-0.25, -0.2) is 4.57 Å². The molecule has 0 aliphatic rings. The zero-order valence-corrected chi connectivity index (χ0v) is 40.9. The summed E-state index contributed by atoms with van der Waals surface area (Å²) < 4.78 is 32.8. The van der Waals surface area contributed by atoms with Gasteiger partial charge in [-0.1, -0.05) is 219 Å². The minimum absolute atomic E-state index is 0.156. The molecule has 11 nitrogen and oxygen atoms in total. The van der Waals surface area contributed by atoms with Gasteiger partial charge in [-0.3, -0.25) is 23.4 Å². The number of nitrogens with two attached hydrogens (primary N) is 1. The number of rotatable bonds is 49. The fourth-order valence-electron chi connectivity index (χ4n) is 7.47. The van der Waals surface area contributed by atoms with E-state index >= 15 is 0 Å². The Labute approximate surface area is 379 Å². The summed E-state index contributed by atoms with van der Waals surface area (Å²) in [6, 6.07) is -1.52. The van der Waals surface area contributed by atoms with Crippen molar-refractivity contribution >= 4 is 25.7 Å². The number of esters is 2. The Morgan fingerprint density at radius 2 is 0.806 bits per heavy atom. The van der Waals surface area contributed by atoms with Crippen molar-refractivity contribution in [2.24, 2.45) is 5.73 Å². The quantitative estimate of drug-likeness (QED) is 0.0230. The van der Waals surface area contributed by atoms with Crippen LogP contribution in [0, 0.1) is 0 Å². The minimum Gasteiger partial charge on any atom is -0.480 e. The number of aliphatic carboxylic acids is 1. The molecule has 4 N–H and O–H groups in total. The summed E-state index contributed by atoms with van der Waals surface area (Å²) in [6.07, 6.45) is 48.5. The van der Waals surface area contributed by atoms with Crippen molar-refractivity contribution < 1.29 is 47.5 Å². The smallest absolute Gasteiger partial charge is 0.472 e. The largest absolute Gasteiger partial charge is 0.480 e. The molecule has 366 valence electrons. The van der Waals surface area contributed by atoms with Crippen molar-refractivity contribution in [1.82, 2.24) is 0 Å². The lowest BCUT2D eigenvalue weighted by molar-refractivity contribution is -0.161. The fourth-order valence-corrected chi connectivity index (χ4v) is 8.25. The molecule has 0 aromatic heterocycles. The third kappa shape index (κ3) is 44.8. The summed E-state index contributed by atoms with van der Waals surface area (Å²) in [7, 11) is -4.72. The Bertz CT molecular complexity index is 1110. The Morgan fingerprint density at radius 3 is 1.18 bits per heavy atom. The summed E-state index contributed by atoms with van der Waals surface area (Å²) in [6.45, 7) is 2.84. The van der Waals surface area contributed by atoms with E-state index in [0.717, 1.165) is 57.8 Å². The minimum atomic E-state index is -4.72. The number of hydrogen-bond donors (Lipinski definition) is 3. The van der Waals surface area contributed by atoms with Gasteiger partial charge in [0.25, 0.3) is 0 Å². The molecule has 0 aromatic rings. The number of carbonyl (C=O) groups is 3. The van der Waals surface area contributed by atoms with Crippen LogP contribution in [0.25, 0.3) is 0 Å². The van der Waals surface area contributed by atoms with Crippen LogP contribution in [0.1, 0.15) is 258 Å². The summed E-state index contributed by atoms with van der Waals surface area (Å²) in [5.41, 5.74) is 5.35. The average molecular weight is 902 g/mol. The lowest BCUT2D eigenvalue weighted by Crippen LogP contribution is -2.34. The van der Waals surface area contributed by atoms with Gasteiger partial charge in [0, 0.05) is 12.8 Å². The van der Waals surface area contributed by atoms with E-state index in [-0.39, 0.29) is 19.4 Å². The van der Waals surface area contributed by atoms with Crippen molar-refractivity contribution in [3.8, 4) is 0 Å². The lowest BCUT2D eigenvalue weighted by atomic mass is 10.0. The molecular formula is C50H96NO10P. The predicted octanol–water partition coefficient (Wildman–Crippen LogP) is 14.4. The van der Waals surface area contributed by atoms with E-state index in [2.05, 4.69) is 30.5 Å². The zero-order chi connectivity index (χ0) is 45.6. The third-order valence-electron chi connectivity index (χ3n) is 11.5. The molecule has 0 saturated carbocycles. The summed E-state index contributed by atoms with van der Waals surface area (Å²) in [5.74, 6) is -2.37. The molecule has 0 rings (SSSR count). The van der Waals surface area contributed by atoms with Crippen molar-refractivity contribution in [2.45, 2.75) is 270 Å². The standard InChI is InChI=1S/C50H96NO10P/c1-3-5-7-9-11-13-15-17-19-21-22-23-24-25-26-28-29-31-33-35-37-39-41-48(52)58-43-46(44-59-62(56,57)60-45-47(51)50(54)55)61-49(53)42-40-38-36-34-32-30-27-20-18-16-14-12-10-8-6-4-2/h20,27,46-47H,3-19,21-26,28-45,51H2,1-2H3,(H,54,55)(H,56,57)/b27-20-. The second-order valence-corrected chi connectivity index (χ2v) is 19.1. The molecular weight excluding hydrogens is 806 g/mol. The molecule has 0 radical (unpaired) electrons. The van der Waals surface area contributed by atoms with E-state index in [1.165, 1.54) is 161 Å². The highest BCUT2D eigenvalue weighted by Gasteiger charge is 2.28. The average Bonchev–Trinajstić information content (AvgIpc) is 3.25. The van der Waals surface area contributed by atoms with E-state index in [1.807, 2.05) is 0 Å². The number of allylic oxidation sites excluding steroid dienone is 2. The maximum Gasteiger partial charge on any atom is 0.472 e. The third-order valence-corrected chi connectivity index (χ3v) is 12.5. The van der Waals surface area contributed by atoms with Crippen LogP contribution >= 0.6 is 7.82 Å². The number of hydrogen-bond acceptors (Lipinski definition) is 9. The number of carbonyl (C=O) groups excluding carboxylic acids is 2. The van der Waals surface area contributed by atoms with E-state index in [1.54, 1.807) is 0 Å². The van der Waals surface area contributed by atoms with Crippen molar-refractivity contribution in [3.05, 3.63) is 12.2 Å². The number of carboxylic acid groups (broad SMARTS) is 1. The van der Waals surface area contributed by atoms with E-state index in [0.29, 0.717) is 12.8 Å². The normalized spacial score (nSPS) is 13.6. The maximum absolute atomic E-state index is 12.7. The van der Waals surface area contributed by atoms with Gasteiger partial charge in [-0.15, -0.1) is 0 Å². The highest BCUT2D eigenvalue weighted by Crippen LogP contribution is 2.43. The van der Waals surface area contributed by atoms with Gasteiger partial charge in [-0.2, -0.15) is 0 Å². The second-order valence-electron chi connectivity index (χ2n) is 17.7. The van der Waals surface area contributed by atoms with Crippen LogP contribution < -0.4 is 5.73 Å². The molecule has 0 aliphatic carbocycles. The molecule has 3 atom stereocenters. The molecule has 12 heteroatoms. The first-order valence-corrected chi connectivity index (χ1v) is 27.2. The van der Waals surface area contributed by atoms with Gasteiger partial charge in [-0.05, 0) is 38.5 Å². The summed E-state index contributed by atoms with van der Waals surface area (Å²) in [5, 5.41) is 8.91. The first-order valence-electron chi connectivity index (χ1n) is 25.7. The van der Waals surface area contributed by atoms with Crippen LogP contribution in [0.3, 0.4) is 0 Å². The van der Waals surface area contributed by atoms with Crippen LogP contribution in [0.15, 0.2) is 12.2 Å². The molecule has 62 heavy (non-hydrogen) atoms. The maximum atomic E-state index is 12.7. The van der Waals surface area contributed by atoms with Gasteiger partial charge in [0.15, 0.2) is 6.10 Å². The first kappa shape index (κ1) is 60.2. The van der Waals surface area contributed by atoms with Crippen LogP contribution in [0.2, 0.25) is 0 Å². The SMILES string of the molecule is CCCCCCCCC/C=C\CCCCCCCC(=O)OC(COC(=O)CCCCCCCCCCCCCCCCCCCCCCCC)COP(=O)(O)OCC(N)C(=O)O. The second kappa shape index (κ2) is 45.8. The van der Waals surface area contributed by atoms with Crippen LogP contribution in [-0.2, 0) is 37.5 Å². The molecule has 0 saturated heterocycles. The molecule has 0 heterocycles. The van der Waals surface area contributed by atoms with E-state index in [4.69, 9.17) is 24.8 Å². The first-order chi connectivity index (χ1) is 30.1. The topological polar surface area (TPSA) is 172 Å². The van der Waals surface area contributed by atoms with Crippen molar-refractivity contribution in [2.75, 3.05) is 19.8 Å². The zero-order valence-electron chi connectivity index (χ0n) is 40.0. The number of phosphoric acid groups is 1. The Balaban J connectivity index is 4.19. The van der Waals surface area contributed by atoms with Crippen molar-refractivity contribution in [1.29, 1.82) is 0 Å². The number of ether oxygens (including phenoxy) is 2. The van der Waals surface area contributed by atoms with Crippen LogP contribution in [0.5, 0.6) is 0 Å². The van der Waals surface area contributed by atoms with Gasteiger partial charge < -0.3 is 25.2 Å². The Kier molecular flexibility index (Phi) is 44.5. The molecule has 0 fully saturated rings. The van der Waals surface area contributed by atoms with Gasteiger partial charge in [0.2, 0.25) is 0 Å². The highest BCUT2D eigenvalue weighted by atomic mass is 31.2. The number of phosphoric ester groups is 1. The van der Waals surface area contributed by atoms with E-state index in [9.17, 15) is 23.8 Å².